The second-order valence-corrected chi connectivity index (χ2v) is 10.0. The molecule has 1 N–H and O–H groups in total. The molecule has 208 valence electrons. The van der Waals surface area contributed by atoms with Crippen LogP contribution in [-0.2, 0) is 19.1 Å². The summed E-state index contributed by atoms with van der Waals surface area (Å²) in [4.78, 5) is 44.1. The van der Waals surface area contributed by atoms with E-state index >= 15 is 0 Å². The van der Waals surface area contributed by atoms with Crippen molar-refractivity contribution < 1.29 is 28.6 Å². The summed E-state index contributed by atoms with van der Waals surface area (Å²) in [6.07, 6.45) is 8.35. The van der Waals surface area contributed by atoms with Gasteiger partial charge in [0.15, 0.2) is 0 Å². The van der Waals surface area contributed by atoms with E-state index in [9.17, 15) is 14.4 Å². The fourth-order valence-electron chi connectivity index (χ4n) is 5.49. The van der Waals surface area contributed by atoms with Gasteiger partial charge in [0.25, 0.3) is 0 Å². The Morgan fingerprint density at radius 2 is 2.03 bits per heavy atom. The lowest BCUT2D eigenvalue weighted by atomic mass is 9.98. The van der Waals surface area contributed by atoms with E-state index in [4.69, 9.17) is 14.2 Å². The zero-order valence-corrected chi connectivity index (χ0v) is 22.5. The number of methoxy groups -OCH3 is 1. The summed E-state index contributed by atoms with van der Waals surface area (Å²) < 4.78 is 16.8. The van der Waals surface area contributed by atoms with E-state index in [2.05, 4.69) is 23.5 Å². The van der Waals surface area contributed by atoms with Gasteiger partial charge in [-0.15, -0.1) is 6.58 Å². The summed E-state index contributed by atoms with van der Waals surface area (Å²) in [5.74, 6) is -0.0990. The molecule has 2 aromatic rings. The van der Waals surface area contributed by atoms with Crippen molar-refractivity contribution in [3.8, 4) is 5.75 Å². The Morgan fingerprint density at radius 3 is 2.79 bits per heavy atom. The summed E-state index contributed by atoms with van der Waals surface area (Å²) in [7, 11) is 1.28. The zero-order chi connectivity index (χ0) is 27.8. The van der Waals surface area contributed by atoms with E-state index in [1.807, 2.05) is 36.4 Å². The molecule has 1 saturated heterocycles. The van der Waals surface area contributed by atoms with Crippen LogP contribution in [0.5, 0.6) is 5.75 Å². The number of allylic oxidation sites excluding steroid dienone is 1. The lowest BCUT2D eigenvalue weighted by Gasteiger charge is -2.23. The first-order valence-electron chi connectivity index (χ1n) is 13.5. The Balaban J connectivity index is 1.36. The number of aromatic nitrogens is 1. The Bertz CT molecular complexity index is 1210. The van der Waals surface area contributed by atoms with E-state index in [0.717, 1.165) is 49.4 Å². The molecule has 1 aliphatic carbocycles. The molecule has 4 atom stereocenters. The maximum absolute atomic E-state index is 13.1. The van der Waals surface area contributed by atoms with E-state index in [0.29, 0.717) is 17.4 Å². The number of amides is 2. The first-order chi connectivity index (χ1) is 18.9. The predicted molar refractivity (Wildman–Crippen MR) is 148 cm³/mol. The predicted octanol–water partition coefficient (Wildman–Crippen LogP) is 4.65. The minimum absolute atomic E-state index is 0.146. The average Bonchev–Trinajstić information content (AvgIpc) is 3.58. The van der Waals surface area contributed by atoms with Crippen LogP contribution >= 0.6 is 0 Å². The van der Waals surface area contributed by atoms with Gasteiger partial charge in [-0.2, -0.15) is 0 Å². The SMILES string of the molecule is C=CCCC[C@@H]1CCC[C@H]1OC(=O)NCC(=O)N1C[C@H](Oc2cc3ccccc3nc2C=C)C[C@H]1C(=O)OC. The number of hydrogen-bond donors (Lipinski definition) is 1. The number of para-hydroxylation sites is 1. The molecular formula is C30H37N3O6. The topological polar surface area (TPSA) is 107 Å². The van der Waals surface area contributed by atoms with Crippen molar-refractivity contribution in [1.29, 1.82) is 0 Å². The molecule has 9 nitrogen and oxygen atoms in total. The van der Waals surface area contributed by atoms with Gasteiger partial charge in [-0.3, -0.25) is 4.79 Å². The van der Waals surface area contributed by atoms with Crippen LogP contribution in [0.25, 0.3) is 17.0 Å². The molecule has 2 aliphatic rings. The molecule has 2 heterocycles. The van der Waals surface area contributed by atoms with Gasteiger partial charge < -0.3 is 24.4 Å². The van der Waals surface area contributed by atoms with Crippen molar-refractivity contribution in [1.82, 2.24) is 15.2 Å². The Hall–Kier alpha value is -3.88. The van der Waals surface area contributed by atoms with E-state index in [-0.39, 0.29) is 25.6 Å². The number of alkyl carbamates (subject to hydrolysis) is 1. The number of carbonyl (C=O) groups excluding carboxylic acids is 3. The number of fused-ring (bicyclic) bond motifs is 1. The van der Waals surface area contributed by atoms with Crippen molar-refractivity contribution in [3.05, 3.63) is 55.3 Å². The highest BCUT2D eigenvalue weighted by molar-refractivity contribution is 5.88. The number of carbonyl (C=O) groups is 3. The number of unbranched alkanes of at least 4 members (excludes halogenated alkanes) is 1. The monoisotopic (exact) mass is 535 g/mol. The van der Waals surface area contributed by atoms with Crippen LogP contribution < -0.4 is 10.1 Å². The Labute approximate surface area is 229 Å². The van der Waals surface area contributed by atoms with E-state index < -0.39 is 30.1 Å². The highest BCUT2D eigenvalue weighted by Gasteiger charge is 2.42. The number of esters is 1. The largest absolute Gasteiger partial charge is 0.486 e. The van der Waals surface area contributed by atoms with E-state index in [1.165, 1.54) is 12.0 Å². The molecule has 0 radical (unpaired) electrons. The van der Waals surface area contributed by atoms with Crippen LogP contribution in [0.15, 0.2) is 49.6 Å². The summed E-state index contributed by atoms with van der Waals surface area (Å²) in [6, 6.07) is 8.72. The molecule has 1 aliphatic heterocycles. The molecule has 39 heavy (non-hydrogen) atoms. The highest BCUT2D eigenvalue weighted by atomic mass is 16.6. The number of ether oxygens (including phenoxy) is 3. The zero-order valence-electron chi connectivity index (χ0n) is 22.5. The van der Waals surface area contributed by atoms with Gasteiger partial charge in [-0.05, 0) is 62.7 Å². The lowest BCUT2D eigenvalue weighted by Crippen LogP contribution is -2.46. The standard InChI is InChI=1S/C30H37N3O6/c1-4-6-7-11-20-13-10-15-26(20)39-30(36)31-18-28(34)33-19-22(17-25(33)29(35)37-3)38-27-16-21-12-8-9-14-24(21)32-23(27)5-2/h4-5,8-9,12,14,16,20,22,25-26H,1-2,6-7,10-11,13,15,17-19H2,3H3,(H,31,36)/t20-,22-,25+,26-/m1/s1. The number of nitrogens with one attached hydrogen (secondary N) is 1. The van der Waals surface area contributed by atoms with Crippen molar-refractivity contribution in [2.75, 3.05) is 20.2 Å². The molecule has 2 amide bonds. The molecule has 1 aromatic carbocycles. The molecule has 0 spiro atoms. The number of likely N-dealkylation sites (tertiary alicyclic amines) is 1. The molecule has 1 aromatic heterocycles. The summed E-state index contributed by atoms with van der Waals surface area (Å²) in [5, 5.41) is 3.47. The van der Waals surface area contributed by atoms with Crippen LogP contribution in [0.1, 0.15) is 50.6 Å². The van der Waals surface area contributed by atoms with Crippen LogP contribution in [0.2, 0.25) is 0 Å². The molecular weight excluding hydrogens is 498 g/mol. The minimum Gasteiger partial charge on any atom is -0.486 e. The van der Waals surface area contributed by atoms with Gasteiger partial charge in [0, 0.05) is 11.8 Å². The van der Waals surface area contributed by atoms with Crippen molar-refractivity contribution in [2.24, 2.45) is 5.92 Å². The third kappa shape index (κ3) is 6.96. The van der Waals surface area contributed by atoms with Crippen LogP contribution in [0.4, 0.5) is 4.79 Å². The summed E-state index contributed by atoms with van der Waals surface area (Å²) >= 11 is 0. The van der Waals surface area contributed by atoms with Crippen molar-refractivity contribution in [2.45, 2.75) is 63.2 Å². The molecule has 9 heteroatoms. The van der Waals surface area contributed by atoms with Crippen LogP contribution in [-0.4, -0.2) is 66.3 Å². The first-order valence-corrected chi connectivity index (χ1v) is 13.5. The van der Waals surface area contributed by atoms with Gasteiger partial charge >= 0.3 is 12.1 Å². The third-order valence-electron chi connectivity index (χ3n) is 7.47. The molecule has 0 unspecified atom stereocenters. The van der Waals surface area contributed by atoms with Crippen LogP contribution in [0, 0.1) is 5.92 Å². The van der Waals surface area contributed by atoms with E-state index in [1.54, 1.807) is 6.08 Å². The van der Waals surface area contributed by atoms with Crippen LogP contribution in [0.3, 0.4) is 0 Å². The summed E-state index contributed by atoms with van der Waals surface area (Å²) in [5.41, 5.74) is 1.39. The normalized spacial score (nSPS) is 22.3. The fourth-order valence-corrected chi connectivity index (χ4v) is 5.49. The number of pyridine rings is 1. The average molecular weight is 536 g/mol. The van der Waals surface area contributed by atoms with Gasteiger partial charge in [-0.25, -0.2) is 14.6 Å². The van der Waals surface area contributed by atoms with Gasteiger partial charge in [0.05, 0.1) is 19.2 Å². The number of hydrogen-bond acceptors (Lipinski definition) is 7. The lowest BCUT2D eigenvalue weighted by molar-refractivity contribution is -0.150. The minimum atomic E-state index is -0.824. The number of nitrogens with zero attached hydrogens (tertiary/aromatic N) is 2. The smallest absolute Gasteiger partial charge is 0.407 e. The second-order valence-electron chi connectivity index (χ2n) is 10.0. The maximum atomic E-state index is 13.1. The fraction of sp³-hybridized carbons (Fsp3) is 0.467. The number of benzene rings is 1. The Morgan fingerprint density at radius 1 is 1.21 bits per heavy atom. The molecule has 2 fully saturated rings. The third-order valence-corrected chi connectivity index (χ3v) is 7.47. The van der Waals surface area contributed by atoms with Gasteiger partial charge in [-0.1, -0.05) is 30.9 Å². The van der Waals surface area contributed by atoms with Gasteiger partial charge in [0.2, 0.25) is 5.91 Å². The van der Waals surface area contributed by atoms with Crippen molar-refractivity contribution in [3.63, 3.8) is 0 Å². The highest BCUT2D eigenvalue weighted by Crippen LogP contribution is 2.32. The molecule has 4 rings (SSSR count). The molecule has 1 saturated carbocycles. The quantitative estimate of drug-likeness (QED) is 0.254. The van der Waals surface area contributed by atoms with Crippen molar-refractivity contribution >= 4 is 34.9 Å². The van der Waals surface area contributed by atoms with Gasteiger partial charge in [0.1, 0.15) is 36.2 Å². The second kappa shape index (κ2) is 13.3. The number of rotatable bonds is 11. The Kier molecular flexibility index (Phi) is 9.57. The first kappa shape index (κ1) is 28.1. The maximum Gasteiger partial charge on any atom is 0.407 e. The molecule has 0 bridgehead atoms. The summed E-state index contributed by atoms with van der Waals surface area (Å²) in [6.45, 7) is 7.46.